The molecule has 1 atom stereocenters. The van der Waals surface area contributed by atoms with E-state index in [2.05, 4.69) is 21.2 Å². The van der Waals surface area contributed by atoms with Crippen LogP contribution in [0.25, 0.3) is 0 Å². The maximum Gasteiger partial charge on any atom is 0.229 e. The molecule has 0 aliphatic carbocycles. The summed E-state index contributed by atoms with van der Waals surface area (Å²) in [7, 11) is 0. The lowest BCUT2D eigenvalue weighted by atomic mass is 10.1. The first-order chi connectivity index (χ1) is 11.4. The molecule has 1 aliphatic rings. The molecule has 1 heterocycles. The molecule has 0 radical (unpaired) electrons. The van der Waals surface area contributed by atoms with E-state index in [0.29, 0.717) is 5.69 Å². The van der Waals surface area contributed by atoms with Gasteiger partial charge in [-0.15, -0.1) is 0 Å². The van der Waals surface area contributed by atoms with Gasteiger partial charge in [0.2, 0.25) is 11.8 Å². The SMILES string of the molecule is O=C(Nc1cc(F)cc(F)c1)C1CC(=O)N(c2ccccc2Br)C1. The van der Waals surface area contributed by atoms with Gasteiger partial charge in [-0.1, -0.05) is 12.1 Å². The van der Waals surface area contributed by atoms with Crippen molar-refractivity contribution >= 4 is 39.1 Å². The summed E-state index contributed by atoms with van der Waals surface area (Å²) in [6, 6.07) is 10.0. The van der Waals surface area contributed by atoms with E-state index in [4.69, 9.17) is 0 Å². The Labute approximate surface area is 145 Å². The number of rotatable bonds is 3. The number of nitrogens with zero attached hydrogens (tertiary/aromatic N) is 1. The average molecular weight is 395 g/mol. The van der Waals surface area contributed by atoms with Crippen LogP contribution < -0.4 is 10.2 Å². The monoisotopic (exact) mass is 394 g/mol. The zero-order valence-electron chi connectivity index (χ0n) is 12.4. The van der Waals surface area contributed by atoms with E-state index in [9.17, 15) is 18.4 Å². The first-order valence-corrected chi connectivity index (χ1v) is 8.05. The normalized spacial score (nSPS) is 17.2. The molecule has 1 saturated heterocycles. The maximum absolute atomic E-state index is 13.2. The molecule has 1 N–H and O–H groups in total. The number of hydrogen-bond acceptors (Lipinski definition) is 2. The highest BCUT2D eigenvalue weighted by Crippen LogP contribution is 2.31. The van der Waals surface area contributed by atoms with Gasteiger partial charge >= 0.3 is 0 Å². The second kappa shape index (κ2) is 6.68. The third-order valence-corrected chi connectivity index (χ3v) is 4.44. The second-order valence-electron chi connectivity index (χ2n) is 5.50. The standard InChI is InChI=1S/C17H13BrF2N2O2/c18-14-3-1-2-4-15(14)22-9-10(5-16(22)23)17(24)21-13-7-11(19)6-12(20)8-13/h1-4,6-8,10H,5,9H2,(H,21,24). The minimum Gasteiger partial charge on any atom is -0.326 e. The van der Waals surface area contributed by atoms with Crippen molar-refractivity contribution in [1.29, 1.82) is 0 Å². The molecule has 1 aliphatic heterocycles. The van der Waals surface area contributed by atoms with E-state index in [0.717, 1.165) is 22.7 Å². The Kier molecular flexibility index (Phi) is 4.62. The van der Waals surface area contributed by atoms with E-state index < -0.39 is 23.5 Å². The lowest BCUT2D eigenvalue weighted by Crippen LogP contribution is -2.28. The summed E-state index contributed by atoms with van der Waals surface area (Å²) in [5, 5.41) is 2.46. The molecule has 0 bridgehead atoms. The fourth-order valence-corrected chi connectivity index (χ4v) is 3.16. The molecule has 124 valence electrons. The molecule has 1 fully saturated rings. The first-order valence-electron chi connectivity index (χ1n) is 7.26. The first kappa shape index (κ1) is 16.6. The van der Waals surface area contributed by atoms with Gasteiger partial charge in [-0.05, 0) is 40.2 Å². The number of benzene rings is 2. The van der Waals surface area contributed by atoms with Crippen LogP contribution in [0.15, 0.2) is 46.9 Å². The Balaban J connectivity index is 1.73. The Bertz CT molecular complexity index is 793. The number of para-hydroxylation sites is 1. The lowest BCUT2D eigenvalue weighted by molar-refractivity contribution is -0.122. The maximum atomic E-state index is 13.2. The van der Waals surface area contributed by atoms with Crippen LogP contribution in [0.4, 0.5) is 20.2 Å². The van der Waals surface area contributed by atoms with Crippen LogP contribution in [0.5, 0.6) is 0 Å². The largest absolute Gasteiger partial charge is 0.326 e. The Hall–Kier alpha value is -2.28. The van der Waals surface area contributed by atoms with Gasteiger partial charge < -0.3 is 10.2 Å². The van der Waals surface area contributed by atoms with Crippen molar-refractivity contribution < 1.29 is 18.4 Å². The van der Waals surface area contributed by atoms with Crippen LogP contribution in [-0.4, -0.2) is 18.4 Å². The Morgan fingerprint density at radius 3 is 2.50 bits per heavy atom. The highest BCUT2D eigenvalue weighted by molar-refractivity contribution is 9.10. The zero-order chi connectivity index (χ0) is 17.3. The summed E-state index contributed by atoms with van der Waals surface area (Å²) in [6.07, 6.45) is 0.0466. The minimum absolute atomic E-state index is 0.0318. The molecular weight excluding hydrogens is 382 g/mol. The van der Waals surface area contributed by atoms with Crippen molar-refractivity contribution in [3.63, 3.8) is 0 Å². The molecule has 4 nitrogen and oxygen atoms in total. The Morgan fingerprint density at radius 2 is 1.83 bits per heavy atom. The fraction of sp³-hybridized carbons (Fsp3) is 0.176. The van der Waals surface area contributed by atoms with E-state index in [1.807, 2.05) is 12.1 Å². The smallest absolute Gasteiger partial charge is 0.229 e. The van der Waals surface area contributed by atoms with Gasteiger partial charge in [0.15, 0.2) is 0 Å². The van der Waals surface area contributed by atoms with Crippen molar-refractivity contribution in [2.75, 3.05) is 16.8 Å². The highest BCUT2D eigenvalue weighted by atomic mass is 79.9. The third-order valence-electron chi connectivity index (χ3n) is 3.77. The summed E-state index contributed by atoms with van der Waals surface area (Å²) in [4.78, 5) is 26.0. The van der Waals surface area contributed by atoms with Gasteiger partial charge in [-0.25, -0.2) is 8.78 Å². The fourth-order valence-electron chi connectivity index (χ4n) is 2.66. The molecule has 24 heavy (non-hydrogen) atoms. The van der Waals surface area contributed by atoms with Gasteiger partial charge in [0.05, 0.1) is 11.6 Å². The van der Waals surface area contributed by atoms with E-state index in [-0.39, 0.29) is 24.6 Å². The van der Waals surface area contributed by atoms with Crippen LogP contribution in [0.1, 0.15) is 6.42 Å². The summed E-state index contributed by atoms with van der Waals surface area (Å²) in [5.41, 5.74) is 0.721. The quantitative estimate of drug-likeness (QED) is 0.862. The van der Waals surface area contributed by atoms with E-state index in [1.165, 1.54) is 4.90 Å². The molecule has 2 aromatic carbocycles. The number of halogens is 3. The number of carbonyl (C=O) groups is 2. The highest BCUT2D eigenvalue weighted by Gasteiger charge is 2.35. The number of nitrogens with one attached hydrogen (secondary N) is 1. The summed E-state index contributed by atoms with van der Waals surface area (Å²) < 4.78 is 27.1. The number of anilines is 2. The summed E-state index contributed by atoms with van der Waals surface area (Å²) in [5.74, 6) is -2.75. The van der Waals surface area contributed by atoms with Crippen LogP contribution in [0.2, 0.25) is 0 Å². The van der Waals surface area contributed by atoms with Crippen molar-refractivity contribution in [3.05, 3.63) is 58.6 Å². The second-order valence-corrected chi connectivity index (χ2v) is 6.36. The van der Waals surface area contributed by atoms with Crippen molar-refractivity contribution in [1.82, 2.24) is 0 Å². The molecule has 2 aromatic rings. The molecule has 7 heteroatoms. The van der Waals surface area contributed by atoms with Crippen molar-refractivity contribution in [2.24, 2.45) is 5.92 Å². The van der Waals surface area contributed by atoms with Crippen molar-refractivity contribution in [3.8, 4) is 0 Å². The average Bonchev–Trinajstić information content (AvgIpc) is 2.88. The lowest BCUT2D eigenvalue weighted by Gasteiger charge is -2.18. The van der Waals surface area contributed by atoms with Crippen LogP contribution in [0, 0.1) is 17.6 Å². The molecule has 2 amide bonds. The van der Waals surface area contributed by atoms with Crippen LogP contribution >= 0.6 is 15.9 Å². The molecule has 3 rings (SSSR count). The van der Waals surface area contributed by atoms with Gasteiger partial charge in [0.1, 0.15) is 11.6 Å². The van der Waals surface area contributed by atoms with Gasteiger partial charge in [-0.2, -0.15) is 0 Å². The topological polar surface area (TPSA) is 49.4 Å². The van der Waals surface area contributed by atoms with Gasteiger partial charge in [-0.3, -0.25) is 9.59 Å². The van der Waals surface area contributed by atoms with E-state index >= 15 is 0 Å². The molecule has 0 spiro atoms. The summed E-state index contributed by atoms with van der Waals surface area (Å²) in [6.45, 7) is 0.213. The van der Waals surface area contributed by atoms with Gasteiger partial charge in [0, 0.05) is 29.2 Å². The minimum atomic E-state index is -0.775. The van der Waals surface area contributed by atoms with Crippen molar-refractivity contribution in [2.45, 2.75) is 6.42 Å². The summed E-state index contributed by atoms with van der Waals surface area (Å²) >= 11 is 3.38. The molecule has 1 unspecified atom stereocenters. The number of hydrogen-bond donors (Lipinski definition) is 1. The zero-order valence-corrected chi connectivity index (χ0v) is 14.0. The molecule has 0 aromatic heterocycles. The van der Waals surface area contributed by atoms with Crippen LogP contribution in [0.3, 0.4) is 0 Å². The predicted octanol–water partition coefficient (Wildman–Crippen LogP) is 3.72. The Morgan fingerprint density at radius 1 is 1.17 bits per heavy atom. The predicted molar refractivity (Wildman–Crippen MR) is 89.6 cm³/mol. The third kappa shape index (κ3) is 3.46. The molecular formula is C17H13BrF2N2O2. The molecule has 0 saturated carbocycles. The number of amides is 2. The van der Waals surface area contributed by atoms with Gasteiger partial charge in [0.25, 0.3) is 0 Å². The van der Waals surface area contributed by atoms with E-state index in [1.54, 1.807) is 12.1 Å². The van der Waals surface area contributed by atoms with Crippen LogP contribution in [-0.2, 0) is 9.59 Å². The number of carbonyl (C=O) groups excluding carboxylic acids is 2.